The van der Waals surface area contributed by atoms with Crippen molar-refractivity contribution in [2.45, 2.75) is 13.8 Å². The molecule has 10 heavy (non-hydrogen) atoms. The van der Waals surface area contributed by atoms with E-state index in [1.165, 1.54) is 0 Å². The SMILES string of the molecule is CC(=CC(C)C(=O)O)CCl. The fourth-order valence-electron chi connectivity index (χ4n) is 0.543. The molecule has 0 aromatic carbocycles. The molecule has 0 aliphatic rings. The van der Waals surface area contributed by atoms with Gasteiger partial charge in [0.1, 0.15) is 0 Å². The number of allylic oxidation sites excluding steroid dienone is 1. The molecular formula is C7H11ClO2. The summed E-state index contributed by atoms with van der Waals surface area (Å²) in [6, 6.07) is 0. The van der Waals surface area contributed by atoms with Gasteiger partial charge in [-0.3, -0.25) is 4.79 Å². The molecule has 1 N–H and O–H groups in total. The predicted octanol–water partition coefficient (Wildman–Crippen LogP) is 1.89. The van der Waals surface area contributed by atoms with Gasteiger partial charge in [-0.15, -0.1) is 11.6 Å². The largest absolute Gasteiger partial charge is 0.481 e. The minimum absolute atomic E-state index is 0.400. The zero-order chi connectivity index (χ0) is 8.15. The summed E-state index contributed by atoms with van der Waals surface area (Å²) in [7, 11) is 0. The van der Waals surface area contributed by atoms with Crippen LogP contribution >= 0.6 is 11.6 Å². The van der Waals surface area contributed by atoms with Crippen LogP contribution in [0, 0.1) is 5.92 Å². The van der Waals surface area contributed by atoms with Crippen molar-refractivity contribution in [1.29, 1.82) is 0 Å². The molecule has 0 spiro atoms. The Balaban J connectivity index is 3.99. The molecule has 0 amide bonds. The molecule has 0 heterocycles. The minimum Gasteiger partial charge on any atom is -0.481 e. The van der Waals surface area contributed by atoms with E-state index in [1.807, 2.05) is 6.92 Å². The van der Waals surface area contributed by atoms with Gasteiger partial charge in [0.05, 0.1) is 5.92 Å². The van der Waals surface area contributed by atoms with Crippen molar-refractivity contribution in [3.8, 4) is 0 Å². The second-order valence-corrected chi connectivity index (χ2v) is 2.54. The molecule has 0 fully saturated rings. The van der Waals surface area contributed by atoms with Crippen molar-refractivity contribution >= 4 is 17.6 Å². The highest BCUT2D eigenvalue weighted by molar-refractivity contribution is 6.19. The van der Waals surface area contributed by atoms with Crippen molar-refractivity contribution in [3.05, 3.63) is 11.6 Å². The van der Waals surface area contributed by atoms with Crippen molar-refractivity contribution in [2.75, 3.05) is 5.88 Å². The molecule has 3 heteroatoms. The van der Waals surface area contributed by atoms with E-state index < -0.39 is 11.9 Å². The Bertz CT molecular complexity index is 152. The third-order valence-corrected chi connectivity index (χ3v) is 1.56. The molecule has 58 valence electrons. The summed E-state index contributed by atoms with van der Waals surface area (Å²) in [6.45, 7) is 3.44. The van der Waals surface area contributed by atoms with Crippen LogP contribution in [0.3, 0.4) is 0 Å². The second kappa shape index (κ2) is 4.34. The summed E-state index contributed by atoms with van der Waals surface area (Å²) >= 11 is 5.44. The van der Waals surface area contributed by atoms with Crippen molar-refractivity contribution in [1.82, 2.24) is 0 Å². The molecule has 0 aliphatic carbocycles. The summed E-state index contributed by atoms with van der Waals surface area (Å²) in [5.74, 6) is -0.847. The van der Waals surface area contributed by atoms with Gasteiger partial charge in [0.15, 0.2) is 0 Å². The summed E-state index contributed by atoms with van der Waals surface area (Å²) in [5, 5.41) is 8.44. The van der Waals surface area contributed by atoms with Crippen LogP contribution in [0.5, 0.6) is 0 Å². The predicted molar refractivity (Wildman–Crippen MR) is 41.3 cm³/mol. The standard InChI is InChI=1S/C7H11ClO2/c1-5(4-8)3-6(2)7(9)10/h3,6H,4H2,1-2H3,(H,9,10). The van der Waals surface area contributed by atoms with Gasteiger partial charge in [0.2, 0.25) is 0 Å². The first-order valence-electron chi connectivity index (χ1n) is 3.04. The Labute approximate surface area is 65.5 Å². The number of halogens is 1. The first kappa shape index (κ1) is 9.50. The van der Waals surface area contributed by atoms with Crippen LogP contribution in [0.25, 0.3) is 0 Å². The van der Waals surface area contributed by atoms with E-state index in [9.17, 15) is 4.79 Å². The van der Waals surface area contributed by atoms with Crippen LogP contribution < -0.4 is 0 Å². The lowest BCUT2D eigenvalue weighted by molar-refractivity contribution is -0.139. The molecule has 0 aromatic heterocycles. The normalized spacial score (nSPS) is 14.9. The Hall–Kier alpha value is -0.500. The molecule has 1 atom stereocenters. The first-order chi connectivity index (χ1) is 4.57. The Morgan fingerprint density at radius 2 is 2.30 bits per heavy atom. The molecule has 0 bridgehead atoms. The highest BCUT2D eigenvalue weighted by Gasteiger charge is 2.06. The smallest absolute Gasteiger partial charge is 0.310 e. The number of hydrogen-bond acceptors (Lipinski definition) is 1. The number of carbonyl (C=O) groups is 1. The lowest BCUT2D eigenvalue weighted by Crippen LogP contribution is -2.06. The minimum atomic E-state index is -0.815. The van der Waals surface area contributed by atoms with Crippen LogP contribution in [0.2, 0.25) is 0 Å². The van der Waals surface area contributed by atoms with E-state index in [1.54, 1.807) is 13.0 Å². The zero-order valence-electron chi connectivity index (χ0n) is 6.10. The van der Waals surface area contributed by atoms with Crippen LogP contribution in [0.4, 0.5) is 0 Å². The number of rotatable bonds is 3. The molecule has 1 unspecified atom stereocenters. The molecule has 0 saturated heterocycles. The average molecular weight is 163 g/mol. The first-order valence-corrected chi connectivity index (χ1v) is 3.57. The van der Waals surface area contributed by atoms with Gasteiger partial charge >= 0.3 is 5.97 Å². The van der Waals surface area contributed by atoms with Gasteiger partial charge in [-0.25, -0.2) is 0 Å². The topological polar surface area (TPSA) is 37.3 Å². The third-order valence-electron chi connectivity index (χ3n) is 1.13. The quantitative estimate of drug-likeness (QED) is 0.508. The monoisotopic (exact) mass is 162 g/mol. The van der Waals surface area contributed by atoms with Gasteiger partial charge in [-0.1, -0.05) is 11.6 Å². The molecule has 0 radical (unpaired) electrons. The molecular weight excluding hydrogens is 152 g/mol. The van der Waals surface area contributed by atoms with E-state index in [0.717, 1.165) is 5.57 Å². The van der Waals surface area contributed by atoms with Crippen LogP contribution in [-0.4, -0.2) is 17.0 Å². The van der Waals surface area contributed by atoms with Crippen LogP contribution in [0.15, 0.2) is 11.6 Å². The summed E-state index contributed by atoms with van der Waals surface area (Å²) in [5.41, 5.74) is 0.900. The number of carboxylic acids is 1. The van der Waals surface area contributed by atoms with Gasteiger partial charge in [-0.05, 0) is 13.8 Å². The summed E-state index contributed by atoms with van der Waals surface area (Å²) in [4.78, 5) is 10.3. The summed E-state index contributed by atoms with van der Waals surface area (Å²) in [6.07, 6.45) is 1.65. The van der Waals surface area contributed by atoms with E-state index in [4.69, 9.17) is 16.7 Å². The fraction of sp³-hybridized carbons (Fsp3) is 0.571. The maximum absolute atomic E-state index is 10.3. The van der Waals surface area contributed by atoms with Crippen molar-refractivity contribution < 1.29 is 9.90 Å². The van der Waals surface area contributed by atoms with Crippen LogP contribution in [0.1, 0.15) is 13.8 Å². The Kier molecular flexibility index (Phi) is 4.12. The van der Waals surface area contributed by atoms with Gasteiger partial charge in [-0.2, -0.15) is 0 Å². The number of carboxylic acid groups (broad SMARTS) is 1. The molecule has 0 aliphatic heterocycles. The van der Waals surface area contributed by atoms with Crippen molar-refractivity contribution in [2.24, 2.45) is 5.92 Å². The fourth-order valence-corrected chi connectivity index (χ4v) is 0.632. The maximum Gasteiger partial charge on any atom is 0.310 e. The molecule has 0 rings (SSSR count). The highest BCUT2D eigenvalue weighted by Crippen LogP contribution is 2.03. The van der Waals surface area contributed by atoms with Gasteiger partial charge in [0, 0.05) is 5.88 Å². The van der Waals surface area contributed by atoms with E-state index in [0.29, 0.717) is 5.88 Å². The van der Waals surface area contributed by atoms with Gasteiger partial charge in [0.25, 0.3) is 0 Å². The van der Waals surface area contributed by atoms with Crippen LogP contribution in [-0.2, 0) is 4.79 Å². The lowest BCUT2D eigenvalue weighted by Gasteiger charge is -1.99. The number of aliphatic carboxylic acids is 1. The third kappa shape index (κ3) is 3.51. The number of alkyl halides is 1. The number of hydrogen-bond donors (Lipinski definition) is 1. The van der Waals surface area contributed by atoms with E-state index in [2.05, 4.69) is 0 Å². The highest BCUT2D eigenvalue weighted by atomic mass is 35.5. The molecule has 0 aromatic rings. The van der Waals surface area contributed by atoms with Crippen molar-refractivity contribution in [3.63, 3.8) is 0 Å². The average Bonchev–Trinajstić information content (AvgIpc) is 1.87. The maximum atomic E-state index is 10.3. The van der Waals surface area contributed by atoms with E-state index in [-0.39, 0.29) is 0 Å². The zero-order valence-corrected chi connectivity index (χ0v) is 6.85. The van der Waals surface area contributed by atoms with Gasteiger partial charge < -0.3 is 5.11 Å². The van der Waals surface area contributed by atoms with E-state index >= 15 is 0 Å². The second-order valence-electron chi connectivity index (χ2n) is 2.27. The molecule has 0 saturated carbocycles. The molecule has 2 nitrogen and oxygen atoms in total. The lowest BCUT2D eigenvalue weighted by atomic mass is 10.1. The Morgan fingerprint density at radius 1 is 1.80 bits per heavy atom. The Morgan fingerprint density at radius 3 is 2.60 bits per heavy atom. The summed E-state index contributed by atoms with van der Waals surface area (Å²) < 4.78 is 0.